The van der Waals surface area contributed by atoms with Crippen molar-refractivity contribution in [2.24, 2.45) is 0 Å². The zero-order chi connectivity index (χ0) is 12.7. The summed E-state index contributed by atoms with van der Waals surface area (Å²) in [5.41, 5.74) is 0.732. The van der Waals surface area contributed by atoms with Crippen LogP contribution in [0.15, 0.2) is 24.3 Å². The summed E-state index contributed by atoms with van der Waals surface area (Å²) < 4.78 is 13.6. The first-order valence-electron chi connectivity index (χ1n) is 5.98. The first kappa shape index (κ1) is 13.7. The fraction of sp³-hybridized carbons (Fsp3) is 0.500. The van der Waals surface area contributed by atoms with Crippen LogP contribution in [0.25, 0.3) is 0 Å². The lowest BCUT2D eigenvalue weighted by molar-refractivity contribution is 0.251. The van der Waals surface area contributed by atoms with E-state index < -0.39 is 0 Å². The lowest BCUT2D eigenvalue weighted by Gasteiger charge is -2.25. The number of unbranched alkanes of at least 4 members (excludes halogenated alkanes) is 2. The quantitative estimate of drug-likeness (QED) is 0.704. The van der Waals surface area contributed by atoms with Crippen molar-refractivity contribution in [3.05, 3.63) is 35.6 Å². The first-order chi connectivity index (χ1) is 8.16. The second kappa shape index (κ2) is 7.03. The van der Waals surface area contributed by atoms with Crippen molar-refractivity contribution in [2.45, 2.75) is 32.2 Å². The molecule has 0 heterocycles. The van der Waals surface area contributed by atoms with Gasteiger partial charge in [-0.15, -0.1) is 0 Å². The van der Waals surface area contributed by atoms with Gasteiger partial charge < -0.3 is 0 Å². The van der Waals surface area contributed by atoms with Crippen LogP contribution in [0.4, 0.5) is 4.39 Å². The minimum Gasteiger partial charge on any atom is -0.300 e. The average Bonchev–Trinajstić information content (AvgIpc) is 2.34. The molecule has 0 bridgehead atoms. The predicted molar refractivity (Wildman–Crippen MR) is 66.9 cm³/mol. The summed E-state index contributed by atoms with van der Waals surface area (Å²) >= 11 is 0. The van der Waals surface area contributed by atoms with Gasteiger partial charge >= 0.3 is 0 Å². The van der Waals surface area contributed by atoms with Crippen LogP contribution in [-0.4, -0.2) is 18.5 Å². The van der Waals surface area contributed by atoms with Crippen LogP contribution in [0.3, 0.4) is 0 Å². The molecule has 17 heavy (non-hydrogen) atoms. The lowest BCUT2D eigenvalue weighted by Crippen LogP contribution is -2.24. The van der Waals surface area contributed by atoms with E-state index in [1.165, 1.54) is 6.07 Å². The van der Waals surface area contributed by atoms with Gasteiger partial charge in [-0.25, -0.2) is 4.39 Å². The van der Waals surface area contributed by atoms with Crippen LogP contribution in [0.5, 0.6) is 0 Å². The molecule has 3 heteroatoms. The summed E-state index contributed by atoms with van der Waals surface area (Å²) in [6.45, 7) is 2.89. The standard InChI is InChI=1S/C14H19FN2/c1-12(13-8-4-5-9-14(13)15)17(2)11-7-3-6-10-16/h4-5,8-9,12H,3,6-7,11H2,1-2H3. The topological polar surface area (TPSA) is 27.0 Å². The van der Waals surface area contributed by atoms with Crippen LogP contribution >= 0.6 is 0 Å². The molecule has 1 aromatic rings. The molecule has 1 rings (SSSR count). The van der Waals surface area contributed by atoms with E-state index in [4.69, 9.17) is 5.26 Å². The van der Waals surface area contributed by atoms with Crippen LogP contribution in [0, 0.1) is 17.1 Å². The maximum atomic E-state index is 13.6. The Bertz CT molecular complexity index is 384. The number of nitrogens with zero attached hydrogens (tertiary/aromatic N) is 2. The van der Waals surface area contributed by atoms with E-state index in [1.807, 2.05) is 26.1 Å². The molecule has 0 saturated heterocycles. The van der Waals surface area contributed by atoms with Gasteiger partial charge in [-0.3, -0.25) is 4.90 Å². The second-order valence-corrected chi connectivity index (χ2v) is 4.29. The van der Waals surface area contributed by atoms with Crippen LogP contribution < -0.4 is 0 Å². The Morgan fingerprint density at radius 3 is 2.71 bits per heavy atom. The maximum absolute atomic E-state index is 13.6. The van der Waals surface area contributed by atoms with E-state index in [9.17, 15) is 4.39 Å². The highest BCUT2D eigenvalue weighted by molar-refractivity contribution is 5.20. The molecule has 92 valence electrons. The Morgan fingerprint density at radius 1 is 1.35 bits per heavy atom. The molecule has 0 aliphatic rings. The number of nitriles is 1. The number of hydrogen-bond donors (Lipinski definition) is 0. The molecule has 0 spiro atoms. The van der Waals surface area contributed by atoms with Crippen molar-refractivity contribution >= 4 is 0 Å². The highest BCUT2D eigenvalue weighted by atomic mass is 19.1. The van der Waals surface area contributed by atoms with Gasteiger partial charge in [0.05, 0.1) is 6.07 Å². The molecule has 0 aromatic heterocycles. The number of halogens is 1. The normalized spacial score (nSPS) is 12.4. The van der Waals surface area contributed by atoms with Gasteiger partial charge in [0, 0.05) is 18.0 Å². The molecule has 1 aromatic carbocycles. The monoisotopic (exact) mass is 234 g/mol. The van der Waals surface area contributed by atoms with Gasteiger partial charge in [-0.05, 0) is 39.4 Å². The molecule has 0 radical (unpaired) electrons. The molecular formula is C14H19FN2. The molecule has 0 saturated carbocycles. The van der Waals surface area contributed by atoms with Crippen molar-refractivity contribution in [2.75, 3.05) is 13.6 Å². The van der Waals surface area contributed by atoms with Crippen molar-refractivity contribution in [1.82, 2.24) is 4.90 Å². The fourth-order valence-corrected chi connectivity index (χ4v) is 1.81. The lowest BCUT2D eigenvalue weighted by atomic mass is 10.1. The van der Waals surface area contributed by atoms with Crippen molar-refractivity contribution in [3.63, 3.8) is 0 Å². The largest absolute Gasteiger partial charge is 0.300 e. The highest BCUT2D eigenvalue weighted by Crippen LogP contribution is 2.21. The summed E-state index contributed by atoms with van der Waals surface area (Å²) in [6, 6.07) is 9.09. The third-order valence-electron chi connectivity index (χ3n) is 3.07. The summed E-state index contributed by atoms with van der Waals surface area (Å²) in [5.74, 6) is -0.149. The van der Waals surface area contributed by atoms with Crippen LogP contribution in [0.1, 0.15) is 37.8 Å². The van der Waals surface area contributed by atoms with E-state index >= 15 is 0 Å². The van der Waals surface area contributed by atoms with E-state index in [0.717, 1.165) is 24.9 Å². The Kier molecular flexibility index (Phi) is 5.65. The Morgan fingerprint density at radius 2 is 2.06 bits per heavy atom. The molecular weight excluding hydrogens is 215 g/mol. The molecule has 1 atom stereocenters. The van der Waals surface area contributed by atoms with E-state index in [2.05, 4.69) is 11.0 Å². The predicted octanol–water partition coefficient (Wildman–Crippen LogP) is 3.51. The number of hydrogen-bond acceptors (Lipinski definition) is 2. The third-order valence-corrected chi connectivity index (χ3v) is 3.07. The van der Waals surface area contributed by atoms with E-state index in [0.29, 0.717) is 6.42 Å². The highest BCUT2D eigenvalue weighted by Gasteiger charge is 2.14. The molecule has 0 amide bonds. The van der Waals surface area contributed by atoms with Gasteiger partial charge in [0.15, 0.2) is 0 Å². The van der Waals surface area contributed by atoms with Gasteiger partial charge in [0.25, 0.3) is 0 Å². The molecule has 0 fully saturated rings. The fourth-order valence-electron chi connectivity index (χ4n) is 1.81. The first-order valence-corrected chi connectivity index (χ1v) is 5.98. The van der Waals surface area contributed by atoms with Gasteiger partial charge in [-0.1, -0.05) is 18.2 Å². The smallest absolute Gasteiger partial charge is 0.127 e. The van der Waals surface area contributed by atoms with Gasteiger partial charge in [0.2, 0.25) is 0 Å². The van der Waals surface area contributed by atoms with E-state index in [1.54, 1.807) is 6.07 Å². The van der Waals surface area contributed by atoms with Crippen LogP contribution in [-0.2, 0) is 0 Å². The summed E-state index contributed by atoms with van der Waals surface area (Å²) in [7, 11) is 1.99. The third kappa shape index (κ3) is 4.16. The molecule has 0 aliphatic heterocycles. The summed E-state index contributed by atoms with van der Waals surface area (Å²) in [5, 5.41) is 8.44. The summed E-state index contributed by atoms with van der Waals surface area (Å²) in [4.78, 5) is 2.12. The Hall–Kier alpha value is -1.40. The molecule has 0 aliphatic carbocycles. The minimum absolute atomic E-state index is 0.0679. The zero-order valence-electron chi connectivity index (χ0n) is 10.5. The number of rotatable bonds is 6. The van der Waals surface area contributed by atoms with Crippen molar-refractivity contribution < 1.29 is 4.39 Å². The number of benzene rings is 1. The van der Waals surface area contributed by atoms with E-state index in [-0.39, 0.29) is 11.9 Å². The molecule has 0 N–H and O–H groups in total. The van der Waals surface area contributed by atoms with Gasteiger partial charge in [-0.2, -0.15) is 5.26 Å². The molecule has 2 nitrogen and oxygen atoms in total. The SMILES string of the molecule is CC(c1ccccc1F)N(C)CCCCC#N. The second-order valence-electron chi connectivity index (χ2n) is 4.29. The Labute approximate surface area is 103 Å². The Balaban J connectivity index is 2.50. The van der Waals surface area contributed by atoms with Gasteiger partial charge in [0.1, 0.15) is 5.82 Å². The molecule has 1 unspecified atom stereocenters. The average molecular weight is 234 g/mol. The van der Waals surface area contributed by atoms with Crippen molar-refractivity contribution in [1.29, 1.82) is 5.26 Å². The van der Waals surface area contributed by atoms with Crippen LogP contribution in [0.2, 0.25) is 0 Å². The van der Waals surface area contributed by atoms with Crippen molar-refractivity contribution in [3.8, 4) is 6.07 Å². The summed E-state index contributed by atoms with van der Waals surface area (Å²) in [6.07, 6.45) is 2.48. The maximum Gasteiger partial charge on any atom is 0.127 e. The minimum atomic E-state index is -0.149. The zero-order valence-corrected chi connectivity index (χ0v) is 10.5.